The first-order chi connectivity index (χ1) is 12.1. The SMILES string of the molecule is CC(C)CC(=O)NC(C(=O)NCCC1=CCCCC1)c1ccccc1. The summed E-state index contributed by atoms with van der Waals surface area (Å²) in [4.78, 5) is 24.8. The highest BCUT2D eigenvalue weighted by Gasteiger charge is 2.22. The largest absolute Gasteiger partial charge is 0.354 e. The fourth-order valence-corrected chi connectivity index (χ4v) is 3.12. The number of hydrogen-bond donors (Lipinski definition) is 2. The quantitative estimate of drug-likeness (QED) is 0.704. The van der Waals surface area contributed by atoms with E-state index in [9.17, 15) is 9.59 Å². The van der Waals surface area contributed by atoms with E-state index >= 15 is 0 Å². The molecular formula is C21H30N2O2. The van der Waals surface area contributed by atoms with Gasteiger partial charge in [0.25, 0.3) is 0 Å². The lowest BCUT2D eigenvalue weighted by atomic mass is 9.97. The van der Waals surface area contributed by atoms with Crippen LogP contribution in [0.1, 0.15) is 64.0 Å². The molecular weight excluding hydrogens is 312 g/mol. The Labute approximate surface area is 151 Å². The number of carbonyl (C=O) groups is 2. The standard InChI is InChI=1S/C21H30N2O2/c1-16(2)15-19(24)23-20(18-11-7-4-8-12-18)21(25)22-14-13-17-9-5-3-6-10-17/h4,7-9,11-12,16,20H,3,5-6,10,13-15H2,1-2H3,(H,22,25)(H,23,24). The lowest BCUT2D eigenvalue weighted by molar-refractivity contribution is -0.129. The molecule has 0 fully saturated rings. The first-order valence-electron chi connectivity index (χ1n) is 9.36. The molecule has 0 bridgehead atoms. The Morgan fingerprint density at radius 3 is 2.52 bits per heavy atom. The average molecular weight is 342 g/mol. The minimum Gasteiger partial charge on any atom is -0.354 e. The van der Waals surface area contributed by atoms with Gasteiger partial charge in [-0.2, -0.15) is 0 Å². The maximum absolute atomic E-state index is 12.7. The highest BCUT2D eigenvalue weighted by atomic mass is 16.2. The molecule has 0 saturated carbocycles. The number of benzene rings is 1. The zero-order chi connectivity index (χ0) is 18.1. The van der Waals surface area contributed by atoms with Crippen molar-refractivity contribution in [2.45, 2.75) is 58.4 Å². The van der Waals surface area contributed by atoms with Crippen LogP contribution in [0, 0.1) is 5.92 Å². The summed E-state index contributed by atoms with van der Waals surface area (Å²) >= 11 is 0. The smallest absolute Gasteiger partial charge is 0.247 e. The molecule has 136 valence electrons. The fourth-order valence-electron chi connectivity index (χ4n) is 3.12. The predicted octanol–water partition coefficient (Wildman–Crippen LogP) is 3.90. The van der Waals surface area contributed by atoms with Crippen molar-refractivity contribution in [3.8, 4) is 0 Å². The third kappa shape index (κ3) is 6.73. The molecule has 0 saturated heterocycles. The Kier molecular flexibility index (Phi) is 7.71. The third-order valence-electron chi connectivity index (χ3n) is 4.42. The van der Waals surface area contributed by atoms with Crippen LogP contribution in [0.15, 0.2) is 42.0 Å². The van der Waals surface area contributed by atoms with Gasteiger partial charge in [-0.15, -0.1) is 0 Å². The molecule has 2 amide bonds. The van der Waals surface area contributed by atoms with Crippen LogP contribution >= 0.6 is 0 Å². The highest BCUT2D eigenvalue weighted by Crippen LogP contribution is 2.20. The van der Waals surface area contributed by atoms with Crippen LogP contribution in [0.2, 0.25) is 0 Å². The molecule has 1 unspecified atom stereocenters. The molecule has 0 aliphatic heterocycles. The second-order valence-electron chi connectivity index (χ2n) is 7.16. The van der Waals surface area contributed by atoms with E-state index in [1.165, 1.54) is 18.4 Å². The Bertz CT molecular complexity index is 593. The monoisotopic (exact) mass is 342 g/mol. The molecule has 25 heavy (non-hydrogen) atoms. The van der Waals surface area contributed by atoms with Gasteiger partial charge in [0.15, 0.2) is 0 Å². The van der Waals surface area contributed by atoms with Crippen molar-refractivity contribution in [3.63, 3.8) is 0 Å². The molecule has 1 aliphatic rings. The number of allylic oxidation sites excluding steroid dienone is 1. The maximum atomic E-state index is 12.7. The second kappa shape index (κ2) is 10.0. The molecule has 4 nitrogen and oxygen atoms in total. The Hall–Kier alpha value is -2.10. The average Bonchev–Trinajstić information content (AvgIpc) is 2.60. The second-order valence-corrected chi connectivity index (χ2v) is 7.16. The van der Waals surface area contributed by atoms with Gasteiger partial charge in [-0.1, -0.05) is 55.8 Å². The summed E-state index contributed by atoms with van der Waals surface area (Å²) < 4.78 is 0. The summed E-state index contributed by atoms with van der Waals surface area (Å²) in [5.74, 6) is 0.0337. The lowest BCUT2D eigenvalue weighted by Crippen LogP contribution is -2.41. The first-order valence-corrected chi connectivity index (χ1v) is 9.36. The van der Waals surface area contributed by atoms with Crippen molar-refractivity contribution >= 4 is 11.8 Å². The van der Waals surface area contributed by atoms with Gasteiger partial charge in [-0.25, -0.2) is 0 Å². The maximum Gasteiger partial charge on any atom is 0.247 e. The van der Waals surface area contributed by atoms with Crippen LogP contribution < -0.4 is 10.6 Å². The van der Waals surface area contributed by atoms with Crippen molar-refractivity contribution in [1.29, 1.82) is 0 Å². The molecule has 0 radical (unpaired) electrons. The van der Waals surface area contributed by atoms with E-state index in [1.807, 2.05) is 44.2 Å². The van der Waals surface area contributed by atoms with Crippen molar-refractivity contribution < 1.29 is 9.59 Å². The summed E-state index contributed by atoms with van der Waals surface area (Å²) in [6.07, 6.45) is 8.43. The molecule has 0 heterocycles. The number of hydrogen-bond acceptors (Lipinski definition) is 2. The first kappa shape index (κ1) is 19.2. The van der Waals surface area contributed by atoms with Gasteiger partial charge < -0.3 is 10.6 Å². The molecule has 2 N–H and O–H groups in total. The number of carbonyl (C=O) groups excluding carboxylic acids is 2. The van der Waals surface area contributed by atoms with E-state index in [-0.39, 0.29) is 17.7 Å². The van der Waals surface area contributed by atoms with Gasteiger partial charge >= 0.3 is 0 Å². The summed E-state index contributed by atoms with van der Waals surface area (Å²) in [6, 6.07) is 8.80. The Balaban J connectivity index is 1.95. The van der Waals surface area contributed by atoms with Gasteiger partial charge in [0.2, 0.25) is 11.8 Å². The Morgan fingerprint density at radius 2 is 1.88 bits per heavy atom. The number of nitrogens with one attached hydrogen (secondary N) is 2. The lowest BCUT2D eigenvalue weighted by Gasteiger charge is -2.20. The zero-order valence-corrected chi connectivity index (χ0v) is 15.4. The number of amides is 2. The Morgan fingerprint density at radius 1 is 1.12 bits per heavy atom. The molecule has 4 heteroatoms. The van der Waals surface area contributed by atoms with Crippen LogP contribution in [0.3, 0.4) is 0 Å². The van der Waals surface area contributed by atoms with Crippen LogP contribution in [-0.2, 0) is 9.59 Å². The van der Waals surface area contributed by atoms with Crippen molar-refractivity contribution in [2.75, 3.05) is 6.54 Å². The van der Waals surface area contributed by atoms with E-state index in [0.717, 1.165) is 24.8 Å². The van der Waals surface area contributed by atoms with E-state index in [4.69, 9.17) is 0 Å². The minimum atomic E-state index is -0.632. The normalized spacial score (nSPS) is 15.4. The van der Waals surface area contributed by atoms with Gasteiger partial charge in [0.1, 0.15) is 6.04 Å². The zero-order valence-electron chi connectivity index (χ0n) is 15.4. The van der Waals surface area contributed by atoms with Gasteiger partial charge in [-0.3, -0.25) is 9.59 Å². The van der Waals surface area contributed by atoms with Crippen LogP contribution in [-0.4, -0.2) is 18.4 Å². The fraction of sp³-hybridized carbons (Fsp3) is 0.524. The molecule has 1 aromatic rings. The van der Waals surface area contributed by atoms with E-state index in [0.29, 0.717) is 13.0 Å². The van der Waals surface area contributed by atoms with Crippen molar-refractivity contribution in [2.24, 2.45) is 5.92 Å². The van der Waals surface area contributed by atoms with Gasteiger partial charge in [-0.05, 0) is 43.6 Å². The number of rotatable bonds is 8. The van der Waals surface area contributed by atoms with Crippen LogP contribution in [0.5, 0.6) is 0 Å². The molecule has 2 rings (SSSR count). The highest BCUT2D eigenvalue weighted by molar-refractivity contribution is 5.88. The molecule has 1 aliphatic carbocycles. The molecule has 0 aromatic heterocycles. The van der Waals surface area contributed by atoms with Crippen LogP contribution in [0.4, 0.5) is 0 Å². The minimum absolute atomic E-state index is 0.0889. The predicted molar refractivity (Wildman–Crippen MR) is 101 cm³/mol. The van der Waals surface area contributed by atoms with Gasteiger partial charge in [0.05, 0.1) is 0 Å². The topological polar surface area (TPSA) is 58.2 Å². The van der Waals surface area contributed by atoms with E-state index in [1.54, 1.807) is 0 Å². The molecule has 1 aromatic carbocycles. The van der Waals surface area contributed by atoms with Crippen molar-refractivity contribution in [3.05, 3.63) is 47.5 Å². The molecule has 0 spiro atoms. The van der Waals surface area contributed by atoms with E-state index < -0.39 is 6.04 Å². The van der Waals surface area contributed by atoms with Gasteiger partial charge in [0, 0.05) is 13.0 Å². The summed E-state index contributed by atoms with van der Waals surface area (Å²) in [6.45, 7) is 4.61. The molecule has 1 atom stereocenters. The third-order valence-corrected chi connectivity index (χ3v) is 4.42. The van der Waals surface area contributed by atoms with E-state index in [2.05, 4.69) is 16.7 Å². The summed E-state index contributed by atoms with van der Waals surface area (Å²) in [7, 11) is 0. The summed E-state index contributed by atoms with van der Waals surface area (Å²) in [5.41, 5.74) is 2.25. The van der Waals surface area contributed by atoms with Crippen LogP contribution in [0.25, 0.3) is 0 Å². The summed E-state index contributed by atoms with van der Waals surface area (Å²) in [5, 5.41) is 5.88. The van der Waals surface area contributed by atoms with Crippen molar-refractivity contribution in [1.82, 2.24) is 10.6 Å².